The van der Waals surface area contributed by atoms with E-state index in [0.29, 0.717) is 16.7 Å². The van der Waals surface area contributed by atoms with Crippen LogP contribution in [0.4, 0.5) is 10.1 Å². The Bertz CT molecular complexity index is 1200. The van der Waals surface area contributed by atoms with Crippen LogP contribution in [0.15, 0.2) is 63.0 Å². The van der Waals surface area contributed by atoms with Crippen molar-refractivity contribution in [1.29, 1.82) is 0 Å². The van der Waals surface area contributed by atoms with Crippen LogP contribution in [0.1, 0.15) is 5.56 Å². The lowest BCUT2D eigenvalue weighted by atomic mass is 10.2. The minimum Gasteiger partial charge on any atom is -0.482 e. The number of carbonyl (C=O) groups excluding carboxylic acids is 2. The number of carbonyl (C=O) groups is 2. The summed E-state index contributed by atoms with van der Waals surface area (Å²) in [6.07, 6.45) is 2.40. The number of hydrazone groups is 1. The fourth-order valence-corrected chi connectivity index (χ4v) is 2.88. The Balaban J connectivity index is 1.47. The highest BCUT2D eigenvalue weighted by Gasteiger charge is 2.27. The number of nitrogens with one attached hydrogen (secondary N) is 1. The van der Waals surface area contributed by atoms with Crippen LogP contribution in [0, 0.1) is 5.82 Å². The molecule has 1 aromatic heterocycles. The molecule has 0 saturated carbocycles. The third-order valence-electron chi connectivity index (χ3n) is 4.27. The standard InChI is InChI=1S/C20H14FN3O5/c21-13-5-6-17-15(7-13)24(19(26)11-29-17)9-18(25)23-22-8-12-10-28-16-4-2-1-3-14(16)20(12)27/h1-8,10H,9,11H2,(H,23,25)/b22-8+. The zero-order chi connectivity index (χ0) is 20.4. The fourth-order valence-electron chi connectivity index (χ4n) is 2.88. The number of fused-ring (bicyclic) bond motifs is 2. The number of benzene rings is 2. The molecule has 0 atom stereocenters. The summed E-state index contributed by atoms with van der Waals surface area (Å²) in [6.45, 7) is -0.643. The zero-order valence-corrected chi connectivity index (χ0v) is 14.9. The van der Waals surface area contributed by atoms with E-state index in [4.69, 9.17) is 9.15 Å². The Hall–Kier alpha value is -4.01. The van der Waals surface area contributed by atoms with Crippen molar-refractivity contribution in [3.8, 4) is 5.75 Å². The predicted octanol–water partition coefficient (Wildman–Crippen LogP) is 1.81. The smallest absolute Gasteiger partial charge is 0.265 e. The van der Waals surface area contributed by atoms with Crippen LogP contribution < -0.4 is 20.5 Å². The van der Waals surface area contributed by atoms with Crippen molar-refractivity contribution in [3.05, 3.63) is 70.3 Å². The number of hydrogen-bond acceptors (Lipinski definition) is 6. The van der Waals surface area contributed by atoms with E-state index in [1.807, 2.05) is 0 Å². The molecule has 0 fully saturated rings. The van der Waals surface area contributed by atoms with Crippen LogP contribution in [-0.2, 0) is 9.59 Å². The van der Waals surface area contributed by atoms with Gasteiger partial charge in [0.1, 0.15) is 30.0 Å². The summed E-state index contributed by atoms with van der Waals surface area (Å²) in [5, 5.41) is 4.13. The summed E-state index contributed by atoms with van der Waals surface area (Å²) in [4.78, 5) is 37.7. The molecule has 2 amide bonds. The molecule has 4 rings (SSSR count). The molecule has 0 radical (unpaired) electrons. The van der Waals surface area contributed by atoms with Gasteiger partial charge in [0.25, 0.3) is 11.8 Å². The average molecular weight is 395 g/mol. The molecule has 2 heterocycles. The molecule has 1 aliphatic rings. The second-order valence-electron chi connectivity index (χ2n) is 6.19. The number of nitrogens with zero attached hydrogens (tertiary/aromatic N) is 2. The number of ether oxygens (including phenoxy) is 1. The predicted molar refractivity (Wildman–Crippen MR) is 102 cm³/mol. The SMILES string of the molecule is O=C(CN1C(=O)COc2ccc(F)cc21)N/N=C/c1coc2ccccc2c1=O. The summed E-state index contributed by atoms with van der Waals surface area (Å²) < 4.78 is 24.1. The first-order valence-corrected chi connectivity index (χ1v) is 8.58. The highest BCUT2D eigenvalue weighted by Crippen LogP contribution is 2.32. The lowest BCUT2D eigenvalue weighted by Crippen LogP contribution is -2.44. The van der Waals surface area contributed by atoms with Crippen molar-refractivity contribution in [1.82, 2.24) is 5.43 Å². The fraction of sp³-hybridized carbons (Fsp3) is 0.100. The number of amides is 2. The van der Waals surface area contributed by atoms with Gasteiger partial charge < -0.3 is 9.15 Å². The molecule has 29 heavy (non-hydrogen) atoms. The first-order chi connectivity index (χ1) is 14.0. The van der Waals surface area contributed by atoms with Crippen molar-refractivity contribution in [2.75, 3.05) is 18.1 Å². The van der Waals surface area contributed by atoms with E-state index in [0.717, 1.165) is 17.2 Å². The van der Waals surface area contributed by atoms with E-state index >= 15 is 0 Å². The number of rotatable bonds is 4. The van der Waals surface area contributed by atoms with Crippen LogP contribution in [0.3, 0.4) is 0 Å². The van der Waals surface area contributed by atoms with Gasteiger partial charge in [0.05, 0.1) is 22.9 Å². The van der Waals surface area contributed by atoms with E-state index in [2.05, 4.69) is 10.5 Å². The molecule has 146 valence electrons. The summed E-state index contributed by atoms with van der Waals surface area (Å²) in [6, 6.07) is 10.4. The van der Waals surface area contributed by atoms with Crippen molar-refractivity contribution >= 4 is 34.7 Å². The molecule has 0 spiro atoms. The molecule has 0 unspecified atom stereocenters. The van der Waals surface area contributed by atoms with E-state index in [9.17, 15) is 18.8 Å². The maximum atomic E-state index is 13.5. The van der Waals surface area contributed by atoms with Crippen molar-refractivity contribution in [3.63, 3.8) is 0 Å². The lowest BCUT2D eigenvalue weighted by Gasteiger charge is -2.28. The van der Waals surface area contributed by atoms with Gasteiger partial charge in [-0.3, -0.25) is 19.3 Å². The largest absolute Gasteiger partial charge is 0.482 e. The molecule has 0 saturated heterocycles. The van der Waals surface area contributed by atoms with Gasteiger partial charge in [0, 0.05) is 6.07 Å². The van der Waals surface area contributed by atoms with Crippen molar-refractivity contribution in [2.45, 2.75) is 0 Å². The number of hydrogen-bond donors (Lipinski definition) is 1. The van der Waals surface area contributed by atoms with Gasteiger partial charge >= 0.3 is 0 Å². The molecular weight excluding hydrogens is 381 g/mol. The van der Waals surface area contributed by atoms with Gasteiger partial charge in [-0.15, -0.1) is 0 Å². The van der Waals surface area contributed by atoms with Gasteiger partial charge in [0.2, 0.25) is 5.43 Å². The number of para-hydroxylation sites is 1. The third-order valence-corrected chi connectivity index (χ3v) is 4.27. The number of anilines is 1. The molecule has 8 nitrogen and oxygen atoms in total. The molecule has 0 bridgehead atoms. The molecule has 1 N–H and O–H groups in total. The Labute approximate surface area is 163 Å². The van der Waals surface area contributed by atoms with Crippen LogP contribution in [0.2, 0.25) is 0 Å². The third kappa shape index (κ3) is 3.70. The number of halogens is 1. The van der Waals surface area contributed by atoms with Crippen LogP contribution in [0.5, 0.6) is 5.75 Å². The molecule has 0 aliphatic carbocycles. The Morgan fingerprint density at radius 3 is 2.93 bits per heavy atom. The molecule has 2 aromatic carbocycles. The van der Waals surface area contributed by atoms with E-state index in [1.54, 1.807) is 24.3 Å². The van der Waals surface area contributed by atoms with Crippen molar-refractivity contribution in [2.24, 2.45) is 5.10 Å². The minimum absolute atomic E-state index is 0.152. The van der Waals surface area contributed by atoms with Gasteiger partial charge in [0.15, 0.2) is 6.61 Å². The normalized spacial score (nSPS) is 13.4. The van der Waals surface area contributed by atoms with Crippen LogP contribution >= 0.6 is 0 Å². The summed E-state index contributed by atoms with van der Waals surface area (Å²) in [7, 11) is 0. The molecular formula is C20H14FN3O5. The van der Waals surface area contributed by atoms with Gasteiger partial charge in [-0.25, -0.2) is 9.82 Å². The van der Waals surface area contributed by atoms with Gasteiger partial charge in [-0.05, 0) is 24.3 Å². The van der Waals surface area contributed by atoms with Crippen LogP contribution in [0.25, 0.3) is 11.0 Å². The second kappa shape index (κ2) is 7.55. The van der Waals surface area contributed by atoms with Crippen molar-refractivity contribution < 1.29 is 23.1 Å². The Morgan fingerprint density at radius 1 is 1.24 bits per heavy atom. The van der Waals surface area contributed by atoms with Gasteiger partial charge in [-0.2, -0.15) is 5.10 Å². The Kier molecular flexibility index (Phi) is 4.78. The summed E-state index contributed by atoms with van der Waals surface area (Å²) >= 11 is 0. The monoisotopic (exact) mass is 395 g/mol. The van der Waals surface area contributed by atoms with E-state index < -0.39 is 17.6 Å². The van der Waals surface area contributed by atoms with Crippen LogP contribution in [-0.4, -0.2) is 31.2 Å². The van der Waals surface area contributed by atoms with Gasteiger partial charge in [-0.1, -0.05) is 12.1 Å². The zero-order valence-electron chi connectivity index (χ0n) is 14.9. The molecule has 9 heteroatoms. The topological polar surface area (TPSA) is 101 Å². The maximum Gasteiger partial charge on any atom is 0.265 e. The lowest BCUT2D eigenvalue weighted by molar-refractivity contribution is -0.125. The van der Waals surface area contributed by atoms with E-state index in [1.165, 1.54) is 18.4 Å². The summed E-state index contributed by atoms with van der Waals surface area (Å²) in [5.41, 5.74) is 2.70. The maximum absolute atomic E-state index is 13.5. The first kappa shape index (κ1) is 18.4. The minimum atomic E-state index is -0.628. The first-order valence-electron chi connectivity index (χ1n) is 8.58. The molecule has 1 aliphatic heterocycles. The highest BCUT2D eigenvalue weighted by atomic mass is 19.1. The quantitative estimate of drug-likeness (QED) is 0.536. The Morgan fingerprint density at radius 2 is 2.07 bits per heavy atom. The second-order valence-corrected chi connectivity index (χ2v) is 6.19. The summed E-state index contributed by atoms with van der Waals surface area (Å²) in [5.74, 6) is -1.38. The van der Waals surface area contributed by atoms with E-state index in [-0.39, 0.29) is 29.8 Å². The molecule has 3 aromatic rings. The average Bonchev–Trinajstić information content (AvgIpc) is 2.72. The highest BCUT2D eigenvalue weighted by molar-refractivity contribution is 6.02.